The Hall–Kier alpha value is -1.10. The van der Waals surface area contributed by atoms with Crippen molar-refractivity contribution in [2.75, 3.05) is 0 Å². The van der Waals surface area contributed by atoms with Crippen LogP contribution in [0.4, 0.5) is 0 Å². The molecule has 1 amide bonds. The third kappa shape index (κ3) is 2.95. The normalized spacial score (nSPS) is 20.0. The minimum absolute atomic E-state index is 0.0561. The van der Waals surface area contributed by atoms with Gasteiger partial charge in [0, 0.05) is 6.04 Å². The molecule has 1 atom stereocenters. The summed E-state index contributed by atoms with van der Waals surface area (Å²) in [6, 6.07) is -0.342. The fourth-order valence-electron chi connectivity index (χ4n) is 1.74. The number of carboxylic acid groups (broad SMARTS) is 1. The number of carbonyl (C=O) groups excluding carboxylic acids is 1. The molecule has 0 heterocycles. The lowest BCUT2D eigenvalue weighted by Crippen LogP contribution is -2.60. The summed E-state index contributed by atoms with van der Waals surface area (Å²) < 4.78 is 0. The Kier molecular flexibility index (Phi) is 3.91. The molecule has 4 N–H and O–H groups in total. The van der Waals surface area contributed by atoms with Gasteiger partial charge in [0.05, 0.1) is 12.0 Å². The first kappa shape index (κ1) is 13.0. The molecule has 0 bridgehead atoms. The molecule has 0 spiro atoms. The molecule has 1 rings (SSSR count). The number of rotatable bonds is 5. The minimum Gasteiger partial charge on any atom is -0.481 e. The zero-order chi connectivity index (χ0) is 12.3. The molecule has 1 aliphatic rings. The molecular weight excluding hydrogens is 208 g/mol. The highest BCUT2D eigenvalue weighted by atomic mass is 16.4. The molecule has 5 nitrogen and oxygen atoms in total. The highest BCUT2D eigenvalue weighted by Crippen LogP contribution is 2.29. The number of nitrogens with two attached hydrogens (primary N) is 1. The molecular formula is C11H20N2O3. The molecule has 1 aliphatic carbocycles. The summed E-state index contributed by atoms with van der Waals surface area (Å²) in [4.78, 5) is 22.5. The van der Waals surface area contributed by atoms with Crippen molar-refractivity contribution in [1.29, 1.82) is 0 Å². The molecule has 1 fully saturated rings. The minimum atomic E-state index is -0.904. The molecule has 0 aromatic rings. The van der Waals surface area contributed by atoms with E-state index in [2.05, 4.69) is 5.32 Å². The zero-order valence-electron chi connectivity index (χ0n) is 9.82. The fourth-order valence-corrected chi connectivity index (χ4v) is 1.74. The van der Waals surface area contributed by atoms with E-state index in [1.807, 2.05) is 13.8 Å². The molecule has 0 aromatic heterocycles. The molecule has 16 heavy (non-hydrogen) atoms. The van der Waals surface area contributed by atoms with Gasteiger partial charge < -0.3 is 16.2 Å². The van der Waals surface area contributed by atoms with Crippen molar-refractivity contribution in [2.24, 2.45) is 11.7 Å². The van der Waals surface area contributed by atoms with Crippen LogP contribution in [-0.2, 0) is 9.59 Å². The molecule has 0 aromatic carbocycles. The van der Waals surface area contributed by atoms with E-state index in [9.17, 15) is 9.59 Å². The second-order valence-corrected chi connectivity index (χ2v) is 4.93. The predicted molar refractivity (Wildman–Crippen MR) is 59.8 cm³/mol. The van der Waals surface area contributed by atoms with Gasteiger partial charge in [0.25, 0.3) is 0 Å². The van der Waals surface area contributed by atoms with Crippen LogP contribution in [0.3, 0.4) is 0 Å². The number of amides is 1. The summed E-state index contributed by atoms with van der Waals surface area (Å²) >= 11 is 0. The van der Waals surface area contributed by atoms with Crippen LogP contribution in [0.1, 0.15) is 39.5 Å². The van der Waals surface area contributed by atoms with Gasteiger partial charge in [0.2, 0.25) is 5.91 Å². The Labute approximate surface area is 95.4 Å². The first-order valence-electron chi connectivity index (χ1n) is 5.67. The maximum atomic E-state index is 11.8. The van der Waals surface area contributed by atoms with Gasteiger partial charge in [0.15, 0.2) is 0 Å². The van der Waals surface area contributed by atoms with Crippen molar-refractivity contribution >= 4 is 11.9 Å². The van der Waals surface area contributed by atoms with Crippen molar-refractivity contribution in [3.63, 3.8) is 0 Å². The maximum absolute atomic E-state index is 11.8. The van der Waals surface area contributed by atoms with Gasteiger partial charge in [-0.15, -0.1) is 0 Å². The van der Waals surface area contributed by atoms with Crippen LogP contribution in [0, 0.1) is 5.92 Å². The number of carbonyl (C=O) groups is 2. The van der Waals surface area contributed by atoms with Gasteiger partial charge in [-0.25, -0.2) is 0 Å². The van der Waals surface area contributed by atoms with Crippen molar-refractivity contribution in [1.82, 2.24) is 5.32 Å². The number of hydrogen-bond donors (Lipinski definition) is 3. The second-order valence-electron chi connectivity index (χ2n) is 4.93. The van der Waals surface area contributed by atoms with E-state index in [0.29, 0.717) is 12.8 Å². The van der Waals surface area contributed by atoms with Crippen molar-refractivity contribution in [3.8, 4) is 0 Å². The van der Waals surface area contributed by atoms with Crippen LogP contribution in [0.5, 0.6) is 0 Å². The summed E-state index contributed by atoms with van der Waals surface area (Å²) in [5, 5.41) is 11.5. The van der Waals surface area contributed by atoms with Gasteiger partial charge in [-0.1, -0.05) is 13.8 Å². The third-order valence-corrected chi connectivity index (χ3v) is 3.21. The molecule has 0 aliphatic heterocycles. The van der Waals surface area contributed by atoms with Crippen LogP contribution < -0.4 is 11.1 Å². The van der Waals surface area contributed by atoms with E-state index < -0.39 is 11.5 Å². The average molecular weight is 228 g/mol. The van der Waals surface area contributed by atoms with Gasteiger partial charge in [-0.2, -0.15) is 0 Å². The zero-order valence-corrected chi connectivity index (χ0v) is 9.82. The van der Waals surface area contributed by atoms with Gasteiger partial charge in [-0.3, -0.25) is 9.59 Å². The summed E-state index contributed by atoms with van der Waals surface area (Å²) in [6.07, 6.45) is 2.29. The standard InChI is InChI=1S/C11H20N2O3/c1-7(2)8(6-9(14)15)13-10(16)11(12)4-3-5-11/h7-8H,3-6,12H2,1-2H3,(H,13,16)(H,14,15). The van der Waals surface area contributed by atoms with E-state index in [4.69, 9.17) is 10.8 Å². The van der Waals surface area contributed by atoms with E-state index in [1.54, 1.807) is 0 Å². The smallest absolute Gasteiger partial charge is 0.305 e. The lowest BCUT2D eigenvalue weighted by molar-refractivity contribution is -0.138. The first-order chi connectivity index (χ1) is 7.35. The quantitative estimate of drug-likeness (QED) is 0.638. The number of hydrogen-bond acceptors (Lipinski definition) is 3. The summed E-state index contributed by atoms with van der Waals surface area (Å²) in [5.41, 5.74) is 5.11. The second kappa shape index (κ2) is 4.82. The van der Waals surface area contributed by atoms with Crippen LogP contribution >= 0.6 is 0 Å². The summed E-state index contributed by atoms with van der Waals surface area (Å²) in [5.74, 6) is -1.03. The molecule has 5 heteroatoms. The van der Waals surface area contributed by atoms with E-state index in [0.717, 1.165) is 6.42 Å². The van der Waals surface area contributed by atoms with Gasteiger partial charge >= 0.3 is 5.97 Å². The van der Waals surface area contributed by atoms with Crippen LogP contribution in [0.15, 0.2) is 0 Å². The Bertz CT molecular complexity index is 285. The van der Waals surface area contributed by atoms with E-state index in [-0.39, 0.29) is 24.3 Å². The highest BCUT2D eigenvalue weighted by molar-refractivity contribution is 5.87. The Morgan fingerprint density at radius 1 is 1.44 bits per heavy atom. The predicted octanol–water partition coefficient (Wildman–Crippen LogP) is 0.483. The molecule has 0 saturated heterocycles. The lowest BCUT2D eigenvalue weighted by Gasteiger charge is -2.37. The van der Waals surface area contributed by atoms with Crippen LogP contribution in [0.2, 0.25) is 0 Å². The largest absolute Gasteiger partial charge is 0.481 e. The van der Waals surface area contributed by atoms with Crippen molar-refractivity contribution < 1.29 is 14.7 Å². The first-order valence-corrected chi connectivity index (χ1v) is 5.67. The van der Waals surface area contributed by atoms with E-state index >= 15 is 0 Å². The number of nitrogens with one attached hydrogen (secondary N) is 1. The van der Waals surface area contributed by atoms with Gasteiger partial charge in [0.1, 0.15) is 0 Å². The monoisotopic (exact) mass is 228 g/mol. The average Bonchev–Trinajstić information content (AvgIpc) is 2.11. The highest BCUT2D eigenvalue weighted by Gasteiger charge is 2.41. The van der Waals surface area contributed by atoms with Crippen molar-refractivity contribution in [2.45, 2.75) is 51.1 Å². The van der Waals surface area contributed by atoms with Crippen LogP contribution in [-0.4, -0.2) is 28.6 Å². The third-order valence-electron chi connectivity index (χ3n) is 3.21. The Morgan fingerprint density at radius 2 is 2.00 bits per heavy atom. The summed E-state index contributed by atoms with van der Waals surface area (Å²) in [7, 11) is 0. The van der Waals surface area contributed by atoms with Crippen LogP contribution in [0.25, 0.3) is 0 Å². The Balaban J connectivity index is 2.54. The number of aliphatic carboxylic acids is 1. The summed E-state index contributed by atoms with van der Waals surface area (Å²) in [6.45, 7) is 3.77. The molecule has 0 radical (unpaired) electrons. The topological polar surface area (TPSA) is 92.4 Å². The molecule has 92 valence electrons. The Morgan fingerprint density at radius 3 is 2.31 bits per heavy atom. The SMILES string of the molecule is CC(C)C(CC(=O)O)NC(=O)C1(N)CCC1. The number of carboxylic acids is 1. The molecule has 1 unspecified atom stereocenters. The fraction of sp³-hybridized carbons (Fsp3) is 0.818. The molecule has 1 saturated carbocycles. The van der Waals surface area contributed by atoms with Crippen molar-refractivity contribution in [3.05, 3.63) is 0 Å². The van der Waals surface area contributed by atoms with Gasteiger partial charge in [-0.05, 0) is 25.2 Å². The maximum Gasteiger partial charge on any atom is 0.305 e. The van der Waals surface area contributed by atoms with E-state index in [1.165, 1.54) is 0 Å². The lowest BCUT2D eigenvalue weighted by atomic mass is 9.76.